The monoisotopic (exact) mass is 401 g/mol. The minimum Gasteiger partial charge on any atom is -0.456 e. The highest BCUT2D eigenvalue weighted by molar-refractivity contribution is 6.08. The summed E-state index contributed by atoms with van der Waals surface area (Å²) in [6.45, 7) is 2.86. The zero-order valence-corrected chi connectivity index (χ0v) is 16.4. The van der Waals surface area contributed by atoms with Crippen molar-refractivity contribution in [3.63, 3.8) is 0 Å². The van der Waals surface area contributed by atoms with Gasteiger partial charge in [-0.05, 0) is 31.9 Å². The quantitative estimate of drug-likeness (QED) is 0.418. The molecule has 0 aromatic heterocycles. The van der Waals surface area contributed by atoms with Gasteiger partial charge in [0.15, 0.2) is 12.4 Å². The summed E-state index contributed by atoms with van der Waals surface area (Å²) in [5.74, 6) is -1.79. The number of carbonyl (C=O) groups is 5. The van der Waals surface area contributed by atoms with Crippen LogP contribution in [0.15, 0.2) is 24.3 Å². The molecule has 2 fully saturated rings. The van der Waals surface area contributed by atoms with E-state index in [0.717, 1.165) is 11.3 Å². The Morgan fingerprint density at radius 2 is 2.00 bits per heavy atom. The molecule has 2 aliphatic heterocycles. The number of ether oxygens (including phenoxy) is 1. The van der Waals surface area contributed by atoms with Crippen molar-refractivity contribution in [1.82, 2.24) is 10.2 Å². The van der Waals surface area contributed by atoms with Crippen molar-refractivity contribution in [3.05, 3.63) is 29.8 Å². The van der Waals surface area contributed by atoms with Gasteiger partial charge in [-0.3, -0.25) is 24.1 Å². The van der Waals surface area contributed by atoms with Gasteiger partial charge in [-0.2, -0.15) is 0 Å². The number of hydrogen-bond donors (Lipinski definition) is 1. The number of urea groups is 1. The van der Waals surface area contributed by atoms with Crippen LogP contribution in [0, 0.1) is 0 Å². The van der Waals surface area contributed by atoms with Gasteiger partial charge in [0.1, 0.15) is 12.1 Å². The van der Waals surface area contributed by atoms with Gasteiger partial charge in [-0.25, -0.2) is 4.79 Å². The molecule has 29 heavy (non-hydrogen) atoms. The number of benzene rings is 1. The highest BCUT2D eigenvalue weighted by Crippen LogP contribution is 2.23. The molecule has 2 heterocycles. The van der Waals surface area contributed by atoms with Gasteiger partial charge in [0.2, 0.25) is 5.91 Å². The maximum atomic E-state index is 12.4. The number of anilines is 1. The number of rotatable bonds is 7. The summed E-state index contributed by atoms with van der Waals surface area (Å²) in [4.78, 5) is 62.9. The normalized spacial score (nSPS) is 21.5. The average molecular weight is 401 g/mol. The first-order valence-corrected chi connectivity index (χ1v) is 9.48. The summed E-state index contributed by atoms with van der Waals surface area (Å²) in [6, 6.07) is 5.90. The second-order valence-corrected chi connectivity index (χ2v) is 7.29. The summed E-state index contributed by atoms with van der Waals surface area (Å²) >= 11 is 0. The molecule has 4 amide bonds. The molecular formula is C20H23N3O6. The first kappa shape index (κ1) is 20.5. The molecule has 1 aromatic carbocycles. The third-order valence-electron chi connectivity index (χ3n) is 5.26. The predicted octanol–water partition coefficient (Wildman–Crippen LogP) is 1.26. The molecule has 0 saturated carbocycles. The third kappa shape index (κ3) is 4.13. The number of carbonyl (C=O) groups excluding carboxylic acids is 5. The average Bonchev–Trinajstić information content (AvgIpc) is 3.23. The molecule has 9 heteroatoms. The lowest BCUT2D eigenvalue weighted by molar-refractivity contribution is -0.146. The van der Waals surface area contributed by atoms with E-state index in [1.807, 2.05) is 0 Å². The van der Waals surface area contributed by atoms with Crippen LogP contribution in [0.5, 0.6) is 0 Å². The molecule has 0 aliphatic carbocycles. The van der Waals surface area contributed by atoms with Gasteiger partial charge in [0.25, 0.3) is 5.91 Å². The van der Waals surface area contributed by atoms with Gasteiger partial charge in [-0.15, -0.1) is 0 Å². The molecule has 2 aliphatic rings. The minimum atomic E-state index is -1.04. The number of amides is 4. The fourth-order valence-electron chi connectivity index (χ4n) is 3.30. The molecule has 0 bridgehead atoms. The molecular weight excluding hydrogens is 378 g/mol. The van der Waals surface area contributed by atoms with E-state index in [2.05, 4.69) is 5.32 Å². The maximum Gasteiger partial charge on any atom is 0.326 e. The van der Waals surface area contributed by atoms with Crippen molar-refractivity contribution in [2.24, 2.45) is 0 Å². The van der Waals surface area contributed by atoms with Crippen LogP contribution in [0.2, 0.25) is 0 Å². The number of ketones is 1. The Morgan fingerprint density at radius 3 is 2.62 bits per heavy atom. The van der Waals surface area contributed by atoms with Crippen LogP contribution in [0.3, 0.4) is 0 Å². The van der Waals surface area contributed by atoms with E-state index < -0.39 is 42.4 Å². The van der Waals surface area contributed by atoms with Gasteiger partial charge < -0.3 is 15.0 Å². The topological polar surface area (TPSA) is 113 Å². The lowest BCUT2D eigenvalue weighted by Crippen LogP contribution is -2.43. The van der Waals surface area contributed by atoms with Crippen LogP contribution in [-0.4, -0.2) is 59.7 Å². The van der Waals surface area contributed by atoms with E-state index in [1.165, 1.54) is 0 Å². The smallest absolute Gasteiger partial charge is 0.326 e. The first-order valence-electron chi connectivity index (χ1n) is 9.48. The molecule has 154 valence electrons. The second-order valence-electron chi connectivity index (χ2n) is 7.29. The van der Waals surface area contributed by atoms with Crippen molar-refractivity contribution in [2.75, 3.05) is 24.6 Å². The Kier molecular flexibility index (Phi) is 5.67. The van der Waals surface area contributed by atoms with Crippen LogP contribution in [-0.2, 0) is 19.1 Å². The highest BCUT2D eigenvalue weighted by Gasteiger charge is 2.47. The van der Waals surface area contributed by atoms with Crippen molar-refractivity contribution >= 4 is 35.3 Å². The van der Waals surface area contributed by atoms with Crippen LogP contribution in [0.4, 0.5) is 10.5 Å². The zero-order chi connectivity index (χ0) is 21.2. The summed E-state index contributed by atoms with van der Waals surface area (Å²) in [7, 11) is 0. The van der Waals surface area contributed by atoms with Crippen molar-refractivity contribution in [2.45, 2.75) is 38.6 Å². The van der Waals surface area contributed by atoms with Crippen molar-refractivity contribution in [3.8, 4) is 0 Å². The van der Waals surface area contributed by atoms with E-state index in [0.29, 0.717) is 30.6 Å². The Bertz CT molecular complexity index is 883. The Labute approximate surface area is 168 Å². The fraction of sp³-hybridized carbons (Fsp3) is 0.450. The molecule has 0 spiro atoms. The molecule has 0 unspecified atom stereocenters. The SMILES string of the molecule is CC[C@]1(C)NC(=O)N(CC(=O)OCC(=O)c2cccc(N3CCCC3=O)c2)C1=O. The van der Waals surface area contributed by atoms with Gasteiger partial charge in [0, 0.05) is 24.2 Å². The summed E-state index contributed by atoms with van der Waals surface area (Å²) < 4.78 is 4.96. The highest BCUT2D eigenvalue weighted by atomic mass is 16.5. The van der Waals surface area contributed by atoms with Crippen molar-refractivity contribution in [1.29, 1.82) is 0 Å². The van der Waals surface area contributed by atoms with E-state index >= 15 is 0 Å². The Hall–Kier alpha value is -3.23. The minimum absolute atomic E-state index is 0.00802. The lowest BCUT2D eigenvalue weighted by Gasteiger charge is -2.18. The number of nitrogens with zero attached hydrogens (tertiary/aromatic N) is 2. The molecule has 3 rings (SSSR count). The molecule has 1 aromatic rings. The number of esters is 1. The van der Waals surface area contributed by atoms with E-state index in [1.54, 1.807) is 43.0 Å². The van der Waals surface area contributed by atoms with Crippen LogP contribution in [0.25, 0.3) is 0 Å². The third-order valence-corrected chi connectivity index (χ3v) is 5.26. The van der Waals surface area contributed by atoms with Crippen LogP contribution < -0.4 is 10.2 Å². The summed E-state index contributed by atoms with van der Waals surface area (Å²) in [5.41, 5.74) is -0.105. The maximum absolute atomic E-state index is 12.4. The van der Waals surface area contributed by atoms with Crippen LogP contribution in [0.1, 0.15) is 43.5 Å². The summed E-state index contributed by atoms with van der Waals surface area (Å²) in [6.07, 6.45) is 1.64. The Balaban J connectivity index is 1.57. The standard InChI is InChI=1S/C20H23N3O6/c1-3-20(2)18(27)23(19(28)21-20)11-17(26)29-12-15(24)13-6-4-7-14(10-13)22-9-5-8-16(22)25/h4,6-7,10H,3,5,8-9,11-12H2,1-2H3,(H,21,28)/t20-/m0/s1. The largest absolute Gasteiger partial charge is 0.456 e. The van der Waals surface area contributed by atoms with Gasteiger partial charge in [0.05, 0.1) is 0 Å². The van der Waals surface area contributed by atoms with Gasteiger partial charge in [-0.1, -0.05) is 19.1 Å². The second kappa shape index (κ2) is 8.02. The van der Waals surface area contributed by atoms with E-state index in [4.69, 9.17) is 4.74 Å². The molecule has 1 N–H and O–H groups in total. The number of imide groups is 1. The predicted molar refractivity (Wildman–Crippen MR) is 102 cm³/mol. The van der Waals surface area contributed by atoms with Gasteiger partial charge >= 0.3 is 12.0 Å². The van der Waals surface area contributed by atoms with E-state index in [9.17, 15) is 24.0 Å². The Morgan fingerprint density at radius 1 is 1.24 bits per heavy atom. The summed E-state index contributed by atoms with van der Waals surface area (Å²) in [5, 5.41) is 2.54. The lowest BCUT2D eigenvalue weighted by atomic mass is 9.99. The van der Waals surface area contributed by atoms with E-state index in [-0.39, 0.29) is 5.91 Å². The molecule has 9 nitrogen and oxygen atoms in total. The zero-order valence-electron chi connectivity index (χ0n) is 16.4. The molecule has 0 radical (unpaired) electrons. The first-order chi connectivity index (χ1) is 13.7. The number of nitrogens with one attached hydrogen (secondary N) is 1. The number of Topliss-reactive ketones (excluding diaryl/α,β-unsaturated/α-hetero) is 1. The number of hydrogen-bond acceptors (Lipinski definition) is 6. The molecule has 2 saturated heterocycles. The molecule has 1 atom stereocenters. The van der Waals surface area contributed by atoms with Crippen molar-refractivity contribution < 1.29 is 28.7 Å². The van der Waals surface area contributed by atoms with Crippen LogP contribution >= 0.6 is 0 Å². The fourth-order valence-corrected chi connectivity index (χ4v) is 3.30.